The van der Waals surface area contributed by atoms with Crippen LogP contribution in [0.5, 0.6) is 0 Å². The lowest BCUT2D eigenvalue weighted by molar-refractivity contribution is 0.295. The van der Waals surface area contributed by atoms with Crippen molar-refractivity contribution in [2.24, 2.45) is 11.8 Å². The van der Waals surface area contributed by atoms with E-state index >= 15 is 0 Å². The first-order chi connectivity index (χ1) is 9.78. The maximum Gasteiger partial charge on any atom is 0.0428 e. The second-order valence-electron chi connectivity index (χ2n) is 5.70. The van der Waals surface area contributed by atoms with Crippen molar-refractivity contribution < 1.29 is 5.11 Å². The van der Waals surface area contributed by atoms with E-state index < -0.39 is 0 Å². The highest BCUT2D eigenvalue weighted by Crippen LogP contribution is 2.00. The minimum atomic E-state index is 0.319. The van der Waals surface area contributed by atoms with E-state index in [1.807, 2.05) is 6.92 Å². The largest absolute Gasteiger partial charge is 0.396 e. The molecule has 0 spiro atoms. The van der Waals surface area contributed by atoms with Crippen molar-refractivity contribution >= 4 is 6.21 Å². The van der Waals surface area contributed by atoms with Crippen LogP contribution in [-0.4, -0.2) is 17.9 Å². The first-order valence-corrected chi connectivity index (χ1v) is 8.84. The van der Waals surface area contributed by atoms with Crippen LogP contribution in [0.3, 0.4) is 0 Å². The van der Waals surface area contributed by atoms with Gasteiger partial charge in [-0.25, -0.2) is 0 Å². The van der Waals surface area contributed by atoms with E-state index in [2.05, 4.69) is 55.4 Å². The molecule has 0 unspecified atom stereocenters. The van der Waals surface area contributed by atoms with Crippen LogP contribution in [0.15, 0.2) is 0 Å². The molecule has 2 heteroatoms. The fraction of sp³-hybridized carbons (Fsp3) is 0.947. The normalized spacial score (nSPS) is 8.05. The highest BCUT2D eigenvalue weighted by Gasteiger charge is 1.85. The number of hydrogen-bond acceptors (Lipinski definition) is 2. The summed E-state index contributed by atoms with van der Waals surface area (Å²) in [5.74, 6) is 1.78. The van der Waals surface area contributed by atoms with Crippen LogP contribution in [0.4, 0.5) is 0 Å². The lowest BCUT2D eigenvalue weighted by Crippen LogP contribution is -1.81. The molecule has 2 nitrogen and oxygen atoms in total. The number of nitrogens with one attached hydrogen (secondary N) is 1. The van der Waals surface area contributed by atoms with Gasteiger partial charge in [-0.05, 0) is 31.4 Å². The fourth-order valence-electron chi connectivity index (χ4n) is 0.577. The molecule has 0 aromatic rings. The molecule has 0 aliphatic rings. The zero-order chi connectivity index (χ0) is 18.1. The van der Waals surface area contributed by atoms with Gasteiger partial charge in [-0.15, -0.1) is 0 Å². The molecule has 2 N–H and O–H groups in total. The van der Waals surface area contributed by atoms with E-state index in [0.29, 0.717) is 6.61 Å². The minimum Gasteiger partial charge on any atom is -0.396 e. The molecule has 0 fully saturated rings. The Morgan fingerprint density at radius 2 is 1.10 bits per heavy atom. The van der Waals surface area contributed by atoms with Crippen molar-refractivity contribution in [3.8, 4) is 0 Å². The van der Waals surface area contributed by atoms with E-state index in [1.54, 1.807) is 6.92 Å². The first kappa shape index (κ1) is 32.5. The van der Waals surface area contributed by atoms with Gasteiger partial charge in [0, 0.05) is 6.61 Å². The average Bonchev–Trinajstić information content (AvgIpc) is 2.41. The summed E-state index contributed by atoms with van der Waals surface area (Å²) in [5, 5.41) is 14.0. The molecule has 0 radical (unpaired) electrons. The summed E-state index contributed by atoms with van der Waals surface area (Å²) < 4.78 is 0. The molecule has 0 amide bonds. The van der Waals surface area contributed by atoms with Crippen LogP contribution in [-0.2, 0) is 0 Å². The molecule has 0 saturated heterocycles. The Hall–Kier alpha value is -0.370. The van der Waals surface area contributed by atoms with Crippen molar-refractivity contribution in [2.45, 2.75) is 101 Å². The molecule has 134 valence electrons. The zero-order valence-electron chi connectivity index (χ0n) is 16.9. The number of aliphatic hydroxyl groups excluding tert-OH is 1. The van der Waals surface area contributed by atoms with Gasteiger partial charge in [0.15, 0.2) is 0 Å². The average molecular weight is 306 g/mol. The Bertz CT molecular complexity index is 121. The molecule has 0 atom stereocenters. The molecule has 0 rings (SSSR count). The molecular formula is C19H47NO. The molecule has 0 aliphatic carbocycles. The van der Waals surface area contributed by atoms with Gasteiger partial charge in [-0.2, -0.15) is 0 Å². The van der Waals surface area contributed by atoms with Crippen LogP contribution in [0, 0.1) is 17.2 Å². The van der Waals surface area contributed by atoms with Gasteiger partial charge in [0.2, 0.25) is 0 Å². The summed E-state index contributed by atoms with van der Waals surface area (Å²) in [6.45, 7) is 21.5. The van der Waals surface area contributed by atoms with Gasteiger partial charge in [0.1, 0.15) is 0 Å². The third-order valence-electron chi connectivity index (χ3n) is 1.91. The van der Waals surface area contributed by atoms with Crippen molar-refractivity contribution in [3.63, 3.8) is 0 Å². The van der Waals surface area contributed by atoms with Crippen molar-refractivity contribution in [1.82, 2.24) is 0 Å². The SMILES string of the molecule is CC=N.CCC.CCC(C)C.CCCC(C)C.CCCO. The molecule has 0 bridgehead atoms. The predicted molar refractivity (Wildman–Crippen MR) is 103 cm³/mol. The summed E-state index contributed by atoms with van der Waals surface area (Å²) in [5.41, 5.74) is 0. The highest BCUT2D eigenvalue weighted by molar-refractivity contribution is 5.48. The number of rotatable bonds is 4. The predicted octanol–water partition coefficient (Wildman–Crippen LogP) is 6.96. The standard InChI is InChI=1S/C6H14.C5H12.C3H8O.C3H8.C2H5N/c1-4-5-6(2)3;1-4-5(2)3;1-2-3-4;1-3-2;1-2-3/h6H,4-5H2,1-3H3;5H,4H2,1-3H3;4H,2-3H2,1H3;3H2,1-2H3;2-3H,1H3. The summed E-state index contributed by atoms with van der Waals surface area (Å²) >= 11 is 0. The fourth-order valence-corrected chi connectivity index (χ4v) is 0.577. The summed E-state index contributed by atoms with van der Waals surface area (Å²) in [4.78, 5) is 0. The second kappa shape index (κ2) is 42.7. The van der Waals surface area contributed by atoms with Crippen molar-refractivity contribution in [2.75, 3.05) is 6.61 Å². The van der Waals surface area contributed by atoms with E-state index in [1.165, 1.54) is 31.9 Å². The third-order valence-corrected chi connectivity index (χ3v) is 1.91. The second-order valence-corrected chi connectivity index (χ2v) is 5.70. The maximum atomic E-state index is 7.88. The molecular weight excluding hydrogens is 258 g/mol. The smallest absolute Gasteiger partial charge is 0.0428 e. The topological polar surface area (TPSA) is 44.1 Å². The molecule has 21 heavy (non-hydrogen) atoms. The van der Waals surface area contributed by atoms with E-state index in [9.17, 15) is 0 Å². The Morgan fingerprint density at radius 3 is 1.10 bits per heavy atom. The van der Waals surface area contributed by atoms with Crippen molar-refractivity contribution in [1.29, 1.82) is 5.41 Å². The maximum absolute atomic E-state index is 7.88. The van der Waals surface area contributed by atoms with Gasteiger partial charge in [-0.1, -0.05) is 88.0 Å². The van der Waals surface area contributed by atoms with E-state index in [0.717, 1.165) is 18.3 Å². The monoisotopic (exact) mass is 305 g/mol. The Morgan fingerprint density at radius 1 is 0.857 bits per heavy atom. The molecule has 0 saturated carbocycles. The quantitative estimate of drug-likeness (QED) is 0.542. The summed E-state index contributed by atoms with van der Waals surface area (Å²) in [6, 6.07) is 0. The van der Waals surface area contributed by atoms with Crippen LogP contribution < -0.4 is 0 Å². The summed E-state index contributed by atoms with van der Waals surface area (Å²) in [6.07, 6.45) is 7.39. The van der Waals surface area contributed by atoms with E-state index in [4.69, 9.17) is 10.5 Å². The van der Waals surface area contributed by atoms with E-state index in [-0.39, 0.29) is 0 Å². The van der Waals surface area contributed by atoms with Gasteiger partial charge in [0.05, 0.1) is 0 Å². The zero-order valence-corrected chi connectivity index (χ0v) is 16.9. The Kier molecular flexibility index (Phi) is 66.2. The van der Waals surface area contributed by atoms with Crippen molar-refractivity contribution in [3.05, 3.63) is 0 Å². The number of hydrogen-bond donors (Lipinski definition) is 2. The summed E-state index contributed by atoms with van der Waals surface area (Å²) in [7, 11) is 0. The van der Waals surface area contributed by atoms with Crippen LogP contribution in [0.2, 0.25) is 0 Å². The molecule has 0 aliphatic heterocycles. The number of aliphatic hydroxyl groups is 1. The first-order valence-electron chi connectivity index (χ1n) is 8.84. The van der Waals surface area contributed by atoms with Gasteiger partial charge in [-0.3, -0.25) is 0 Å². The Labute approximate surface area is 137 Å². The van der Waals surface area contributed by atoms with Gasteiger partial charge < -0.3 is 10.5 Å². The molecule has 0 aromatic carbocycles. The van der Waals surface area contributed by atoms with Crippen LogP contribution in [0.1, 0.15) is 101 Å². The Balaban J connectivity index is -0.0000000524. The van der Waals surface area contributed by atoms with Gasteiger partial charge in [0.25, 0.3) is 0 Å². The third kappa shape index (κ3) is 192. The van der Waals surface area contributed by atoms with Crippen LogP contribution >= 0.6 is 0 Å². The minimum absolute atomic E-state index is 0.319. The lowest BCUT2D eigenvalue weighted by atomic mass is 10.1. The van der Waals surface area contributed by atoms with Gasteiger partial charge >= 0.3 is 0 Å². The molecule has 0 aromatic heterocycles. The highest BCUT2D eigenvalue weighted by atomic mass is 16.2. The van der Waals surface area contributed by atoms with Crippen LogP contribution in [0.25, 0.3) is 0 Å². The lowest BCUT2D eigenvalue weighted by Gasteiger charge is -1.95. The molecule has 0 heterocycles.